The summed E-state index contributed by atoms with van der Waals surface area (Å²) in [7, 11) is 0. The molecule has 1 saturated heterocycles. The summed E-state index contributed by atoms with van der Waals surface area (Å²) in [5.74, 6) is 0.588. The van der Waals surface area contributed by atoms with Gasteiger partial charge >= 0.3 is 0 Å². The Hall–Kier alpha value is -1.64. The van der Waals surface area contributed by atoms with Gasteiger partial charge in [-0.1, -0.05) is 74.5 Å². The van der Waals surface area contributed by atoms with Gasteiger partial charge in [-0.25, -0.2) is 0 Å². The van der Waals surface area contributed by atoms with Crippen LogP contribution >= 0.6 is 0 Å². The van der Waals surface area contributed by atoms with Crippen molar-refractivity contribution in [3.05, 3.63) is 71.8 Å². The SMILES string of the molecule is C[C@H]1CN(C(c2ccccc2)c2ccccc2)C[C@@]1(C)CCO. The number of aliphatic hydroxyl groups is 1. The van der Waals surface area contributed by atoms with Gasteiger partial charge in [0.25, 0.3) is 0 Å². The summed E-state index contributed by atoms with van der Waals surface area (Å²) in [4.78, 5) is 2.59. The lowest BCUT2D eigenvalue weighted by atomic mass is 9.78. The Labute approximate surface area is 139 Å². The van der Waals surface area contributed by atoms with Crippen LogP contribution in [0.15, 0.2) is 60.7 Å². The van der Waals surface area contributed by atoms with Crippen molar-refractivity contribution < 1.29 is 5.11 Å². The van der Waals surface area contributed by atoms with Gasteiger partial charge < -0.3 is 5.11 Å². The fourth-order valence-electron chi connectivity index (χ4n) is 3.92. The maximum Gasteiger partial charge on any atom is 0.0602 e. The molecule has 2 aromatic carbocycles. The molecule has 23 heavy (non-hydrogen) atoms. The summed E-state index contributed by atoms with van der Waals surface area (Å²) in [5.41, 5.74) is 2.88. The van der Waals surface area contributed by atoms with Crippen LogP contribution in [0.25, 0.3) is 0 Å². The van der Waals surface area contributed by atoms with Crippen molar-refractivity contribution in [3.63, 3.8) is 0 Å². The van der Waals surface area contributed by atoms with Gasteiger partial charge in [0.2, 0.25) is 0 Å². The van der Waals surface area contributed by atoms with Crippen molar-refractivity contribution in [2.75, 3.05) is 19.7 Å². The Bertz CT molecular complexity index is 573. The van der Waals surface area contributed by atoms with Gasteiger partial charge in [0.05, 0.1) is 6.04 Å². The van der Waals surface area contributed by atoms with E-state index < -0.39 is 0 Å². The second kappa shape index (κ2) is 6.86. The lowest BCUT2D eigenvalue weighted by Crippen LogP contribution is -2.30. The fraction of sp³-hybridized carbons (Fsp3) is 0.429. The van der Waals surface area contributed by atoms with Crippen LogP contribution in [0.5, 0.6) is 0 Å². The van der Waals surface area contributed by atoms with Crippen LogP contribution in [0.4, 0.5) is 0 Å². The maximum absolute atomic E-state index is 9.45. The first-order valence-corrected chi connectivity index (χ1v) is 8.59. The molecule has 1 aliphatic heterocycles. The van der Waals surface area contributed by atoms with Crippen molar-refractivity contribution in [1.82, 2.24) is 4.90 Å². The third kappa shape index (κ3) is 3.34. The van der Waals surface area contributed by atoms with Crippen molar-refractivity contribution in [2.24, 2.45) is 11.3 Å². The Morgan fingerprint density at radius 2 is 1.57 bits per heavy atom. The Morgan fingerprint density at radius 1 is 1.04 bits per heavy atom. The number of rotatable bonds is 5. The summed E-state index contributed by atoms with van der Waals surface area (Å²) in [6.07, 6.45) is 0.876. The first-order valence-electron chi connectivity index (χ1n) is 8.59. The molecule has 2 atom stereocenters. The predicted octanol–water partition coefficient (Wildman–Crippen LogP) is 4.12. The van der Waals surface area contributed by atoms with E-state index in [2.05, 4.69) is 79.4 Å². The second-order valence-electron chi connectivity index (χ2n) is 7.18. The van der Waals surface area contributed by atoms with Crippen LogP contribution in [0, 0.1) is 11.3 Å². The van der Waals surface area contributed by atoms with Crippen LogP contribution in [0.3, 0.4) is 0 Å². The van der Waals surface area contributed by atoms with E-state index in [1.807, 2.05) is 0 Å². The minimum Gasteiger partial charge on any atom is -0.396 e. The van der Waals surface area contributed by atoms with E-state index >= 15 is 0 Å². The molecule has 2 aromatic rings. The summed E-state index contributed by atoms with van der Waals surface area (Å²) >= 11 is 0. The van der Waals surface area contributed by atoms with E-state index in [4.69, 9.17) is 0 Å². The molecule has 0 saturated carbocycles. The third-order valence-corrected chi connectivity index (χ3v) is 5.54. The number of hydrogen-bond acceptors (Lipinski definition) is 2. The van der Waals surface area contributed by atoms with Gasteiger partial charge in [-0.05, 0) is 28.9 Å². The average Bonchev–Trinajstić information content (AvgIpc) is 2.85. The molecule has 0 radical (unpaired) electrons. The highest BCUT2D eigenvalue weighted by atomic mass is 16.3. The normalized spacial score (nSPS) is 25.1. The summed E-state index contributed by atoms with van der Waals surface area (Å²) in [6.45, 7) is 7.02. The zero-order valence-corrected chi connectivity index (χ0v) is 14.2. The quantitative estimate of drug-likeness (QED) is 0.898. The van der Waals surface area contributed by atoms with E-state index in [1.54, 1.807) is 0 Å². The highest BCUT2D eigenvalue weighted by molar-refractivity contribution is 5.32. The molecule has 2 heteroatoms. The molecule has 1 aliphatic rings. The molecule has 0 aliphatic carbocycles. The highest BCUT2D eigenvalue weighted by Crippen LogP contribution is 2.43. The molecule has 122 valence electrons. The van der Waals surface area contributed by atoms with Crippen LogP contribution in [0.2, 0.25) is 0 Å². The first kappa shape index (κ1) is 16.2. The number of nitrogens with zero attached hydrogens (tertiary/aromatic N) is 1. The Morgan fingerprint density at radius 3 is 2.04 bits per heavy atom. The Balaban J connectivity index is 1.94. The summed E-state index contributed by atoms with van der Waals surface area (Å²) in [6, 6.07) is 21.8. The van der Waals surface area contributed by atoms with Crippen molar-refractivity contribution in [3.8, 4) is 0 Å². The summed E-state index contributed by atoms with van der Waals surface area (Å²) in [5, 5.41) is 9.45. The topological polar surface area (TPSA) is 23.5 Å². The van der Waals surface area contributed by atoms with E-state index in [9.17, 15) is 5.11 Å². The van der Waals surface area contributed by atoms with E-state index in [0.29, 0.717) is 12.0 Å². The smallest absolute Gasteiger partial charge is 0.0602 e. The zero-order valence-electron chi connectivity index (χ0n) is 14.2. The molecule has 0 bridgehead atoms. The lowest BCUT2D eigenvalue weighted by Gasteiger charge is -2.31. The summed E-state index contributed by atoms with van der Waals surface area (Å²) < 4.78 is 0. The number of hydrogen-bond donors (Lipinski definition) is 1. The van der Waals surface area contributed by atoms with Crippen LogP contribution < -0.4 is 0 Å². The zero-order chi connectivity index (χ0) is 16.3. The van der Waals surface area contributed by atoms with E-state index in [1.165, 1.54) is 11.1 Å². The fourth-order valence-corrected chi connectivity index (χ4v) is 3.92. The standard InChI is InChI=1S/C21H27NO/c1-17-15-22(16-21(17,2)13-14-23)20(18-9-5-3-6-10-18)19-11-7-4-8-12-19/h3-12,17,20,23H,13-16H2,1-2H3/t17-,21+/m0/s1. The van der Waals surface area contributed by atoms with E-state index in [-0.39, 0.29) is 12.0 Å². The molecule has 1 N–H and O–H groups in total. The van der Waals surface area contributed by atoms with Gasteiger partial charge in [-0.3, -0.25) is 4.90 Å². The molecule has 1 fully saturated rings. The molecule has 2 nitrogen and oxygen atoms in total. The van der Waals surface area contributed by atoms with Crippen LogP contribution in [-0.2, 0) is 0 Å². The van der Waals surface area contributed by atoms with E-state index in [0.717, 1.165) is 19.5 Å². The number of likely N-dealkylation sites (tertiary alicyclic amines) is 1. The van der Waals surface area contributed by atoms with Gasteiger partial charge in [0, 0.05) is 19.7 Å². The molecule has 3 rings (SSSR count). The van der Waals surface area contributed by atoms with Crippen LogP contribution in [-0.4, -0.2) is 29.7 Å². The maximum atomic E-state index is 9.45. The van der Waals surface area contributed by atoms with Crippen molar-refractivity contribution in [1.29, 1.82) is 0 Å². The number of aliphatic hydroxyl groups excluding tert-OH is 1. The minimum atomic E-state index is 0.191. The predicted molar refractivity (Wildman–Crippen MR) is 95.3 cm³/mol. The number of benzene rings is 2. The highest BCUT2D eigenvalue weighted by Gasteiger charge is 2.42. The van der Waals surface area contributed by atoms with Gasteiger partial charge in [0.1, 0.15) is 0 Å². The molecular weight excluding hydrogens is 282 g/mol. The molecule has 0 spiro atoms. The van der Waals surface area contributed by atoms with Gasteiger partial charge in [-0.15, -0.1) is 0 Å². The first-order chi connectivity index (χ1) is 11.1. The molecule has 0 amide bonds. The molecule has 0 unspecified atom stereocenters. The van der Waals surface area contributed by atoms with Gasteiger partial charge in [0.15, 0.2) is 0 Å². The van der Waals surface area contributed by atoms with Gasteiger partial charge in [-0.2, -0.15) is 0 Å². The Kier molecular flexibility index (Phi) is 4.84. The third-order valence-electron chi connectivity index (χ3n) is 5.54. The van der Waals surface area contributed by atoms with Crippen LogP contribution in [0.1, 0.15) is 37.4 Å². The average molecular weight is 309 g/mol. The van der Waals surface area contributed by atoms with Crippen molar-refractivity contribution >= 4 is 0 Å². The monoisotopic (exact) mass is 309 g/mol. The minimum absolute atomic E-state index is 0.191. The molecule has 1 heterocycles. The largest absolute Gasteiger partial charge is 0.396 e. The molecule has 0 aromatic heterocycles. The molecular formula is C21H27NO. The van der Waals surface area contributed by atoms with Crippen molar-refractivity contribution in [2.45, 2.75) is 26.3 Å². The lowest BCUT2D eigenvalue weighted by molar-refractivity contribution is 0.163. The second-order valence-corrected chi connectivity index (χ2v) is 7.18.